The van der Waals surface area contributed by atoms with Crippen LogP contribution in [0.3, 0.4) is 0 Å². The average Bonchev–Trinajstić information content (AvgIpc) is 2.93. The van der Waals surface area contributed by atoms with E-state index in [0.717, 1.165) is 50.7 Å². The number of rotatable bonds is 16. The molecule has 3 N–H and O–H groups in total. The van der Waals surface area contributed by atoms with E-state index in [-0.39, 0.29) is 28.9 Å². The molecular formula is C33H38F6O4. The SMILES string of the molecule is CCCCCCCCCCC(CCCC(F)(F)C(F)(F)F)(C(=O)O)c1c(-c2ccc(O)c(F)c2)ccc2cc(O)ccc12. The summed E-state index contributed by atoms with van der Waals surface area (Å²) in [7, 11) is 0. The molecule has 4 nitrogen and oxygen atoms in total. The van der Waals surface area contributed by atoms with Crippen molar-refractivity contribution in [3.63, 3.8) is 0 Å². The number of fused-ring (bicyclic) bond motifs is 1. The van der Waals surface area contributed by atoms with Gasteiger partial charge in [-0.25, -0.2) is 4.39 Å². The Bertz CT molecular complexity index is 1390. The van der Waals surface area contributed by atoms with Gasteiger partial charge >= 0.3 is 18.1 Å². The smallest absolute Gasteiger partial charge is 0.453 e. The van der Waals surface area contributed by atoms with Crippen molar-refractivity contribution in [2.75, 3.05) is 0 Å². The van der Waals surface area contributed by atoms with Crippen molar-refractivity contribution in [2.45, 2.75) is 101 Å². The zero-order valence-electron chi connectivity index (χ0n) is 24.1. The van der Waals surface area contributed by atoms with E-state index >= 15 is 0 Å². The van der Waals surface area contributed by atoms with Crippen molar-refractivity contribution in [3.05, 3.63) is 59.9 Å². The summed E-state index contributed by atoms with van der Waals surface area (Å²) in [5.41, 5.74) is -1.34. The Balaban J connectivity index is 2.13. The minimum atomic E-state index is -5.78. The number of carboxylic acid groups (broad SMARTS) is 1. The van der Waals surface area contributed by atoms with Crippen molar-refractivity contribution in [1.29, 1.82) is 0 Å². The number of benzene rings is 3. The average molecular weight is 613 g/mol. The summed E-state index contributed by atoms with van der Waals surface area (Å²) < 4.78 is 81.3. The van der Waals surface area contributed by atoms with Crippen molar-refractivity contribution in [3.8, 4) is 22.6 Å². The van der Waals surface area contributed by atoms with Crippen LogP contribution in [0.1, 0.15) is 89.5 Å². The molecule has 3 rings (SSSR count). The molecule has 0 aliphatic heterocycles. The first-order valence-electron chi connectivity index (χ1n) is 14.7. The fraction of sp³-hybridized carbons (Fsp3) is 0.485. The fourth-order valence-electron chi connectivity index (χ4n) is 5.76. The molecule has 3 aromatic carbocycles. The third-order valence-electron chi connectivity index (χ3n) is 8.12. The van der Waals surface area contributed by atoms with Gasteiger partial charge in [0.05, 0.1) is 5.41 Å². The van der Waals surface area contributed by atoms with E-state index in [9.17, 15) is 46.5 Å². The van der Waals surface area contributed by atoms with Crippen LogP contribution in [0.5, 0.6) is 11.5 Å². The van der Waals surface area contributed by atoms with E-state index in [0.29, 0.717) is 23.6 Å². The second-order valence-electron chi connectivity index (χ2n) is 11.2. The van der Waals surface area contributed by atoms with Gasteiger partial charge in [0.15, 0.2) is 11.6 Å². The Morgan fingerprint density at radius 1 is 0.744 bits per heavy atom. The molecule has 1 unspecified atom stereocenters. The maximum absolute atomic E-state index is 14.5. The minimum absolute atomic E-state index is 0.0531. The Kier molecular flexibility index (Phi) is 11.4. The number of aromatic hydroxyl groups is 2. The molecule has 0 saturated carbocycles. The summed E-state index contributed by atoms with van der Waals surface area (Å²) in [6.45, 7) is 2.10. The van der Waals surface area contributed by atoms with Gasteiger partial charge in [-0.05, 0) is 71.0 Å². The third kappa shape index (κ3) is 8.15. The van der Waals surface area contributed by atoms with Gasteiger partial charge in [0.2, 0.25) is 0 Å². The van der Waals surface area contributed by atoms with Gasteiger partial charge < -0.3 is 15.3 Å². The second-order valence-corrected chi connectivity index (χ2v) is 11.2. The van der Waals surface area contributed by atoms with Gasteiger partial charge in [-0.15, -0.1) is 0 Å². The number of aliphatic carboxylic acids is 1. The molecule has 0 bridgehead atoms. The molecule has 10 heteroatoms. The van der Waals surface area contributed by atoms with Crippen LogP contribution in [-0.2, 0) is 10.2 Å². The molecule has 0 spiro atoms. The third-order valence-corrected chi connectivity index (χ3v) is 8.12. The Morgan fingerprint density at radius 3 is 1.98 bits per heavy atom. The van der Waals surface area contributed by atoms with Crippen molar-refractivity contribution in [2.24, 2.45) is 0 Å². The molecule has 0 aliphatic carbocycles. The fourth-order valence-corrected chi connectivity index (χ4v) is 5.76. The number of hydrogen-bond acceptors (Lipinski definition) is 3. The van der Waals surface area contributed by atoms with Crippen molar-refractivity contribution in [1.82, 2.24) is 0 Å². The number of unbranched alkanes of at least 4 members (excludes halogenated alkanes) is 7. The lowest BCUT2D eigenvalue weighted by atomic mass is 9.68. The summed E-state index contributed by atoms with van der Waals surface area (Å²) in [5.74, 6) is -8.11. The minimum Gasteiger partial charge on any atom is -0.508 e. The first-order chi connectivity index (χ1) is 20.2. The van der Waals surface area contributed by atoms with Crippen LogP contribution in [0.4, 0.5) is 26.3 Å². The second kappa shape index (κ2) is 14.4. The molecular weight excluding hydrogens is 574 g/mol. The van der Waals surface area contributed by atoms with E-state index < -0.39 is 54.3 Å². The topological polar surface area (TPSA) is 77.8 Å². The van der Waals surface area contributed by atoms with E-state index in [4.69, 9.17) is 0 Å². The summed E-state index contributed by atoms with van der Waals surface area (Å²) in [5, 5.41) is 31.4. The predicted octanol–water partition coefficient (Wildman–Crippen LogP) is 10.3. The molecule has 43 heavy (non-hydrogen) atoms. The lowest BCUT2D eigenvalue weighted by Crippen LogP contribution is -2.39. The number of hydrogen-bond donors (Lipinski definition) is 3. The lowest BCUT2D eigenvalue weighted by molar-refractivity contribution is -0.284. The van der Waals surface area contributed by atoms with Gasteiger partial charge in [0, 0.05) is 6.42 Å². The highest BCUT2D eigenvalue weighted by atomic mass is 19.4. The molecule has 236 valence electrons. The summed E-state index contributed by atoms with van der Waals surface area (Å²) >= 11 is 0. The zero-order valence-corrected chi connectivity index (χ0v) is 24.1. The number of phenolic OH excluding ortho intramolecular Hbond substituents is 2. The van der Waals surface area contributed by atoms with Crippen LogP contribution in [0.2, 0.25) is 0 Å². The van der Waals surface area contributed by atoms with Gasteiger partial charge in [-0.2, -0.15) is 22.0 Å². The molecule has 0 aliphatic rings. The van der Waals surface area contributed by atoms with Crippen LogP contribution in [0.15, 0.2) is 48.5 Å². The maximum Gasteiger partial charge on any atom is 0.453 e. The zero-order chi connectivity index (χ0) is 31.8. The van der Waals surface area contributed by atoms with Gasteiger partial charge in [0.1, 0.15) is 5.75 Å². The molecule has 1 atom stereocenters. The highest BCUT2D eigenvalue weighted by molar-refractivity contribution is 5.99. The van der Waals surface area contributed by atoms with Crippen molar-refractivity contribution >= 4 is 16.7 Å². The largest absolute Gasteiger partial charge is 0.508 e. The maximum atomic E-state index is 14.5. The molecule has 3 aromatic rings. The van der Waals surface area contributed by atoms with E-state index in [1.165, 1.54) is 30.3 Å². The Labute approximate surface area is 247 Å². The first-order valence-corrected chi connectivity index (χ1v) is 14.7. The lowest BCUT2D eigenvalue weighted by Gasteiger charge is -2.34. The molecule has 0 aromatic heterocycles. The van der Waals surface area contributed by atoms with Crippen LogP contribution < -0.4 is 0 Å². The molecule has 0 heterocycles. The normalized spacial score (nSPS) is 13.7. The quantitative estimate of drug-likeness (QED) is 0.111. The summed E-state index contributed by atoms with van der Waals surface area (Å²) in [6.07, 6.45) is -1.64. The van der Waals surface area contributed by atoms with Gasteiger partial charge in [-0.3, -0.25) is 4.79 Å². The highest BCUT2D eigenvalue weighted by Crippen LogP contribution is 2.47. The van der Waals surface area contributed by atoms with Crippen LogP contribution >= 0.6 is 0 Å². The van der Waals surface area contributed by atoms with Crippen LogP contribution in [0, 0.1) is 5.82 Å². The summed E-state index contributed by atoms with van der Waals surface area (Å²) in [4.78, 5) is 13.3. The van der Waals surface area contributed by atoms with Gasteiger partial charge in [-0.1, -0.05) is 82.6 Å². The van der Waals surface area contributed by atoms with Crippen LogP contribution in [0.25, 0.3) is 21.9 Å². The number of halogens is 6. The van der Waals surface area contributed by atoms with Gasteiger partial charge in [0.25, 0.3) is 0 Å². The number of alkyl halides is 5. The molecule has 0 radical (unpaired) electrons. The number of carboxylic acids is 1. The number of carbonyl (C=O) groups is 1. The molecule has 0 saturated heterocycles. The predicted molar refractivity (Wildman–Crippen MR) is 154 cm³/mol. The van der Waals surface area contributed by atoms with E-state index in [1.54, 1.807) is 6.07 Å². The molecule has 0 fully saturated rings. The summed E-state index contributed by atoms with van der Waals surface area (Å²) in [6, 6.07) is 10.8. The number of phenols is 2. The Morgan fingerprint density at radius 2 is 1.37 bits per heavy atom. The van der Waals surface area contributed by atoms with Crippen LogP contribution in [-0.4, -0.2) is 33.4 Å². The Hall–Kier alpha value is -3.43. The van der Waals surface area contributed by atoms with E-state index in [2.05, 4.69) is 6.92 Å². The monoisotopic (exact) mass is 612 g/mol. The highest BCUT2D eigenvalue weighted by Gasteiger charge is 2.57. The van der Waals surface area contributed by atoms with E-state index in [1.807, 2.05) is 0 Å². The van der Waals surface area contributed by atoms with Crippen molar-refractivity contribution < 1.29 is 46.5 Å². The standard InChI is InChI=1S/C33H38F6O4/c1-2-3-4-5-6-7-8-9-17-31(30(42)43,18-10-19-32(35,36)33(37,38)39)29-25(23-12-16-28(41)27(34)21-23)14-11-22-20-24(40)13-15-26(22)29/h11-16,20-21,40-41H,2-10,17-19H2,1H3,(H,42,43). The molecule has 0 amide bonds. The first kappa shape index (κ1) is 34.1.